The van der Waals surface area contributed by atoms with Crippen LogP contribution in [-0.4, -0.2) is 5.11 Å². The second-order valence-corrected chi connectivity index (χ2v) is 3.54. The van der Waals surface area contributed by atoms with Gasteiger partial charge < -0.3 is 10.8 Å². The Morgan fingerprint density at radius 3 is 2.57 bits per heavy atom. The fraction of sp³-hybridized carbons (Fsp3) is 0.111. The van der Waals surface area contributed by atoms with Crippen LogP contribution in [0.15, 0.2) is 23.2 Å². The van der Waals surface area contributed by atoms with E-state index < -0.39 is 23.4 Å². The summed E-state index contributed by atoms with van der Waals surface area (Å²) in [4.78, 5) is 0. The van der Waals surface area contributed by atoms with Gasteiger partial charge in [0.25, 0.3) is 0 Å². The Hall–Kier alpha value is -0.940. The van der Waals surface area contributed by atoms with Crippen LogP contribution in [0.2, 0.25) is 0 Å². The summed E-state index contributed by atoms with van der Waals surface area (Å²) >= 11 is 2.81. The van der Waals surface area contributed by atoms with E-state index in [-0.39, 0.29) is 10.0 Å². The molecular formula is C9H8BrF2NO. The first-order valence-electron chi connectivity index (χ1n) is 3.73. The summed E-state index contributed by atoms with van der Waals surface area (Å²) < 4.78 is 25.8. The fourth-order valence-electron chi connectivity index (χ4n) is 0.985. The molecule has 0 radical (unpaired) electrons. The lowest BCUT2D eigenvalue weighted by atomic mass is 10.1. The van der Waals surface area contributed by atoms with E-state index in [1.54, 1.807) is 0 Å². The van der Waals surface area contributed by atoms with Gasteiger partial charge in [-0.15, -0.1) is 6.58 Å². The highest BCUT2D eigenvalue weighted by molar-refractivity contribution is 9.10. The third-order valence-corrected chi connectivity index (χ3v) is 2.36. The molecule has 3 N–H and O–H groups in total. The first kappa shape index (κ1) is 11.1. The lowest BCUT2D eigenvalue weighted by Gasteiger charge is -2.11. The Balaban J connectivity index is 3.40. The summed E-state index contributed by atoms with van der Waals surface area (Å²) in [7, 11) is 0. The van der Waals surface area contributed by atoms with Gasteiger partial charge in [0.1, 0.15) is 0 Å². The number of halogens is 3. The van der Waals surface area contributed by atoms with Gasteiger partial charge in [-0.25, -0.2) is 4.39 Å². The van der Waals surface area contributed by atoms with Crippen molar-refractivity contribution in [3.8, 4) is 5.75 Å². The van der Waals surface area contributed by atoms with Gasteiger partial charge in [-0.2, -0.15) is 4.39 Å². The van der Waals surface area contributed by atoms with Gasteiger partial charge in [0, 0.05) is 5.56 Å². The summed E-state index contributed by atoms with van der Waals surface area (Å²) in [5, 5.41) is 9.24. The number of hydrogen-bond acceptors (Lipinski definition) is 2. The van der Waals surface area contributed by atoms with Gasteiger partial charge in [-0.1, -0.05) is 6.08 Å². The highest BCUT2D eigenvalue weighted by Crippen LogP contribution is 2.32. The summed E-state index contributed by atoms with van der Waals surface area (Å²) in [6.45, 7) is 3.39. The number of phenols is 1. The van der Waals surface area contributed by atoms with Crippen molar-refractivity contribution in [3.63, 3.8) is 0 Å². The van der Waals surface area contributed by atoms with Gasteiger partial charge in [0.05, 0.1) is 10.5 Å². The molecule has 0 fully saturated rings. The molecule has 0 spiro atoms. The molecule has 1 unspecified atom stereocenters. The van der Waals surface area contributed by atoms with Crippen LogP contribution in [0, 0.1) is 11.6 Å². The zero-order valence-electron chi connectivity index (χ0n) is 7.10. The second kappa shape index (κ2) is 4.06. The smallest absolute Gasteiger partial charge is 0.201 e. The summed E-state index contributed by atoms with van der Waals surface area (Å²) in [5.41, 5.74) is 5.58. The molecule has 0 aliphatic rings. The van der Waals surface area contributed by atoms with E-state index >= 15 is 0 Å². The van der Waals surface area contributed by atoms with Crippen LogP contribution >= 0.6 is 15.9 Å². The normalized spacial score (nSPS) is 12.6. The van der Waals surface area contributed by atoms with Gasteiger partial charge in [-0.05, 0) is 22.0 Å². The minimum absolute atomic E-state index is 0.0832. The third kappa shape index (κ3) is 1.78. The quantitative estimate of drug-likeness (QED) is 0.637. The number of phenolic OH excluding ortho intramolecular Hbond substituents is 1. The molecular weight excluding hydrogens is 256 g/mol. The number of hydrogen-bond donors (Lipinski definition) is 2. The predicted octanol–water partition coefficient (Wildman–Crippen LogP) is 2.62. The lowest BCUT2D eigenvalue weighted by Crippen LogP contribution is -2.08. The number of nitrogens with two attached hydrogens (primary N) is 1. The fourth-order valence-corrected chi connectivity index (χ4v) is 1.41. The molecule has 1 atom stereocenters. The average molecular weight is 264 g/mol. The Bertz CT molecular complexity index is 382. The first-order chi connectivity index (χ1) is 6.49. The van der Waals surface area contributed by atoms with Crippen LogP contribution in [0.5, 0.6) is 5.75 Å². The third-order valence-electron chi connectivity index (χ3n) is 1.78. The number of benzene rings is 1. The maximum atomic E-state index is 13.0. The Morgan fingerprint density at radius 1 is 1.50 bits per heavy atom. The molecule has 76 valence electrons. The summed E-state index contributed by atoms with van der Waals surface area (Å²) in [5.74, 6) is -3.23. The molecule has 1 aromatic rings. The lowest BCUT2D eigenvalue weighted by molar-refractivity contribution is 0.398. The van der Waals surface area contributed by atoms with E-state index in [2.05, 4.69) is 22.5 Å². The van der Waals surface area contributed by atoms with Crippen molar-refractivity contribution in [3.05, 3.63) is 40.4 Å². The molecule has 2 nitrogen and oxygen atoms in total. The maximum Gasteiger partial charge on any atom is 0.201 e. The molecule has 0 bridgehead atoms. The summed E-state index contributed by atoms with van der Waals surface area (Å²) in [6.07, 6.45) is 1.32. The zero-order chi connectivity index (χ0) is 10.9. The van der Waals surface area contributed by atoms with Crippen LogP contribution in [0.1, 0.15) is 11.6 Å². The van der Waals surface area contributed by atoms with Crippen molar-refractivity contribution in [1.29, 1.82) is 0 Å². The second-order valence-electron chi connectivity index (χ2n) is 2.69. The molecule has 0 aliphatic carbocycles. The molecule has 0 saturated carbocycles. The van der Waals surface area contributed by atoms with Crippen molar-refractivity contribution in [1.82, 2.24) is 0 Å². The average Bonchev–Trinajstić information content (AvgIpc) is 2.19. The van der Waals surface area contributed by atoms with Crippen LogP contribution in [-0.2, 0) is 0 Å². The maximum absolute atomic E-state index is 13.0. The largest absolute Gasteiger partial charge is 0.505 e. The molecule has 0 saturated heterocycles. The molecule has 1 rings (SSSR count). The van der Waals surface area contributed by atoms with E-state index in [1.165, 1.54) is 12.1 Å². The van der Waals surface area contributed by atoms with Crippen LogP contribution in [0.3, 0.4) is 0 Å². The van der Waals surface area contributed by atoms with E-state index in [9.17, 15) is 13.9 Å². The Labute approximate surface area is 88.2 Å². The zero-order valence-corrected chi connectivity index (χ0v) is 8.68. The standard InChI is InChI=1S/C9H8BrF2NO/c1-2-6(13)4-3-5(10)7(11)8(12)9(4)14/h2-3,6,14H,1,13H2. The van der Waals surface area contributed by atoms with Crippen molar-refractivity contribution in [2.75, 3.05) is 0 Å². The van der Waals surface area contributed by atoms with E-state index in [0.29, 0.717) is 0 Å². The first-order valence-corrected chi connectivity index (χ1v) is 4.52. The molecule has 0 aliphatic heterocycles. The number of aromatic hydroxyl groups is 1. The topological polar surface area (TPSA) is 46.2 Å². The highest BCUT2D eigenvalue weighted by Gasteiger charge is 2.18. The number of rotatable bonds is 2. The summed E-state index contributed by atoms with van der Waals surface area (Å²) in [6, 6.07) is 0.487. The van der Waals surface area contributed by atoms with E-state index in [0.717, 1.165) is 0 Å². The van der Waals surface area contributed by atoms with Crippen LogP contribution in [0.4, 0.5) is 8.78 Å². The monoisotopic (exact) mass is 263 g/mol. The molecule has 0 heterocycles. The minimum Gasteiger partial charge on any atom is -0.505 e. The SMILES string of the molecule is C=CC(N)c1cc(Br)c(F)c(F)c1O. The van der Waals surface area contributed by atoms with E-state index in [4.69, 9.17) is 5.73 Å². The van der Waals surface area contributed by atoms with Gasteiger partial charge >= 0.3 is 0 Å². The molecule has 0 aromatic heterocycles. The van der Waals surface area contributed by atoms with Crippen molar-refractivity contribution < 1.29 is 13.9 Å². The van der Waals surface area contributed by atoms with Gasteiger partial charge in [0.15, 0.2) is 11.6 Å². The van der Waals surface area contributed by atoms with E-state index in [1.807, 2.05) is 0 Å². The van der Waals surface area contributed by atoms with Crippen LogP contribution in [0.25, 0.3) is 0 Å². The molecule has 5 heteroatoms. The molecule has 14 heavy (non-hydrogen) atoms. The highest BCUT2D eigenvalue weighted by atomic mass is 79.9. The van der Waals surface area contributed by atoms with Crippen molar-refractivity contribution in [2.45, 2.75) is 6.04 Å². The molecule has 1 aromatic carbocycles. The van der Waals surface area contributed by atoms with Crippen LogP contribution < -0.4 is 5.73 Å². The van der Waals surface area contributed by atoms with Crippen molar-refractivity contribution >= 4 is 15.9 Å². The van der Waals surface area contributed by atoms with Gasteiger partial charge in [0.2, 0.25) is 5.82 Å². The van der Waals surface area contributed by atoms with Gasteiger partial charge in [-0.3, -0.25) is 0 Å². The Kier molecular flexibility index (Phi) is 3.23. The van der Waals surface area contributed by atoms with Crippen molar-refractivity contribution in [2.24, 2.45) is 5.73 Å². The molecule has 0 amide bonds. The Morgan fingerprint density at radius 2 is 2.07 bits per heavy atom. The minimum atomic E-state index is -1.31. The predicted molar refractivity (Wildman–Crippen MR) is 52.8 cm³/mol.